The van der Waals surface area contributed by atoms with E-state index < -0.39 is 0 Å². The number of halogens is 2. The molecule has 0 aromatic heterocycles. The van der Waals surface area contributed by atoms with Crippen molar-refractivity contribution in [3.8, 4) is 23.0 Å². The van der Waals surface area contributed by atoms with E-state index in [9.17, 15) is 0 Å². The van der Waals surface area contributed by atoms with Crippen LogP contribution in [0.15, 0.2) is 32.2 Å². The normalized spacial score (nSPS) is 22.4. The zero-order valence-electron chi connectivity index (χ0n) is 17.8. The first-order valence-electron chi connectivity index (χ1n) is 10.4. The summed E-state index contributed by atoms with van der Waals surface area (Å²) in [6, 6.07) is 4.35. The van der Waals surface area contributed by atoms with E-state index in [1.807, 2.05) is 0 Å². The van der Waals surface area contributed by atoms with Gasteiger partial charge in [-0.1, -0.05) is 37.1 Å². The van der Waals surface area contributed by atoms with Crippen molar-refractivity contribution in [1.82, 2.24) is 0 Å². The first-order valence-corrected chi connectivity index (χ1v) is 12.0. The molecule has 0 bridgehead atoms. The lowest BCUT2D eigenvalue weighted by Gasteiger charge is -2.41. The van der Waals surface area contributed by atoms with E-state index in [2.05, 4.69) is 83.8 Å². The smallest absolute Gasteiger partial charge is 0.231 e. The van der Waals surface area contributed by atoms with Gasteiger partial charge in [0.25, 0.3) is 0 Å². The van der Waals surface area contributed by atoms with Crippen LogP contribution in [0.25, 0.3) is 12.2 Å². The van der Waals surface area contributed by atoms with E-state index in [4.69, 9.17) is 18.9 Å². The van der Waals surface area contributed by atoms with Crippen molar-refractivity contribution in [3.63, 3.8) is 0 Å². The molecule has 0 saturated carbocycles. The van der Waals surface area contributed by atoms with E-state index in [0.29, 0.717) is 0 Å². The molecule has 2 heterocycles. The maximum Gasteiger partial charge on any atom is 0.231 e. The summed E-state index contributed by atoms with van der Waals surface area (Å²) >= 11 is 7.54. The van der Waals surface area contributed by atoms with E-state index in [1.54, 1.807) is 0 Å². The number of ether oxygens (including phenoxy) is 4. The molecular weight excluding hydrogens is 524 g/mol. The molecule has 0 amide bonds. The minimum atomic E-state index is -0.0854. The summed E-state index contributed by atoms with van der Waals surface area (Å²) in [5.74, 6) is 3.74. The highest BCUT2D eigenvalue weighted by atomic mass is 79.9. The number of fused-ring (bicyclic) bond motifs is 4. The standard InChI is InChI=1S/C25H22Br2O4/c1-11-5-15-13(7-17-23(21(15)26)30-9-28-17)19(11)25(3,4)20-12(2)6-16-14(20)8-18-24(22(16)27)31-10-29-18/h5-8,19-20H,9-10H2,1-4H3. The maximum absolute atomic E-state index is 5.75. The molecule has 4 nitrogen and oxygen atoms in total. The van der Waals surface area contributed by atoms with Gasteiger partial charge in [-0.05, 0) is 85.5 Å². The summed E-state index contributed by atoms with van der Waals surface area (Å²) in [6.45, 7) is 9.75. The lowest BCUT2D eigenvalue weighted by molar-refractivity contribution is 0.173. The molecule has 4 aliphatic rings. The van der Waals surface area contributed by atoms with Crippen molar-refractivity contribution in [2.75, 3.05) is 13.6 Å². The Morgan fingerprint density at radius 1 is 0.742 bits per heavy atom. The quantitative estimate of drug-likeness (QED) is 0.394. The monoisotopic (exact) mass is 544 g/mol. The van der Waals surface area contributed by atoms with Crippen molar-refractivity contribution < 1.29 is 18.9 Å². The topological polar surface area (TPSA) is 36.9 Å². The third-order valence-corrected chi connectivity index (χ3v) is 8.69. The highest BCUT2D eigenvalue weighted by Gasteiger charge is 2.47. The second kappa shape index (κ2) is 6.55. The molecule has 0 N–H and O–H groups in total. The second-order valence-electron chi connectivity index (χ2n) is 9.32. The van der Waals surface area contributed by atoms with Crippen LogP contribution in [0.5, 0.6) is 23.0 Å². The van der Waals surface area contributed by atoms with E-state index in [-0.39, 0.29) is 30.8 Å². The van der Waals surface area contributed by atoms with Gasteiger partial charge in [0.05, 0.1) is 8.95 Å². The Balaban J connectivity index is 1.50. The van der Waals surface area contributed by atoms with Gasteiger partial charge in [0.1, 0.15) is 0 Å². The molecule has 2 aromatic rings. The van der Waals surface area contributed by atoms with Crippen LogP contribution in [0, 0.1) is 5.41 Å². The van der Waals surface area contributed by atoms with Crippen molar-refractivity contribution in [2.24, 2.45) is 5.41 Å². The molecule has 2 unspecified atom stereocenters. The summed E-state index contributed by atoms with van der Waals surface area (Å²) in [7, 11) is 0. The molecule has 0 spiro atoms. The van der Waals surface area contributed by atoms with Gasteiger partial charge < -0.3 is 18.9 Å². The first-order chi connectivity index (χ1) is 14.8. The molecule has 0 fully saturated rings. The Labute approximate surface area is 198 Å². The number of rotatable bonds is 2. The van der Waals surface area contributed by atoms with Gasteiger partial charge in [-0.25, -0.2) is 0 Å². The third-order valence-electron chi connectivity index (χ3n) is 7.11. The molecule has 0 saturated heterocycles. The number of allylic oxidation sites excluding steroid dienone is 2. The highest BCUT2D eigenvalue weighted by molar-refractivity contribution is 9.11. The molecule has 6 rings (SSSR count). The maximum atomic E-state index is 5.75. The minimum Gasteiger partial charge on any atom is -0.454 e. The zero-order valence-corrected chi connectivity index (χ0v) is 20.9. The average Bonchev–Trinajstić information content (AvgIpc) is 3.46. The van der Waals surface area contributed by atoms with Gasteiger partial charge in [-0.2, -0.15) is 0 Å². The third kappa shape index (κ3) is 2.58. The molecule has 0 radical (unpaired) electrons. The summed E-state index contributed by atoms with van der Waals surface area (Å²) in [4.78, 5) is 0. The molecule has 160 valence electrons. The van der Waals surface area contributed by atoms with Gasteiger partial charge in [0, 0.05) is 11.8 Å². The molecular formula is C25H22Br2O4. The van der Waals surface area contributed by atoms with E-state index in [0.717, 1.165) is 31.9 Å². The summed E-state index contributed by atoms with van der Waals surface area (Å²) in [5.41, 5.74) is 7.60. The summed E-state index contributed by atoms with van der Waals surface area (Å²) < 4.78 is 24.8. The van der Waals surface area contributed by atoms with Gasteiger partial charge in [-0.15, -0.1) is 0 Å². The van der Waals surface area contributed by atoms with Crippen LogP contribution < -0.4 is 18.9 Å². The van der Waals surface area contributed by atoms with Crippen molar-refractivity contribution in [1.29, 1.82) is 0 Å². The SMILES string of the molecule is CC1=Cc2c(cc3c(c2Br)OCO3)C1C(C)(C)C1C(C)=Cc2c1cc1c(c2Br)OCO1. The summed E-state index contributed by atoms with van der Waals surface area (Å²) in [6.07, 6.45) is 4.58. The number of benzene rings is 2. The largest absolute Gasteiger partial charge is 0.454 e. The van der Waals surface area contributed by atoms with Crippen LogP contribution in [0.1, 0.15) is 61.8 Å². The molecule has 6 heteroatoms. The van der Waals surface area contributed by atoms with Crippen LogP contribution in [-0.4, -0.2) is 13.6 Å². The predicted molar refractivity (Wildman–Crippen MR) is 127 cm³/mol. The van der Waals surface area contributed by atoms with Crippen LogP contribution in [0.4, 0.5) is 0 Å². The van der Waals surface area contributed by atoms with Crippen molar-refractivity contribution in [3.05, 3.63) is 54.5 Å². The Morgan fingerprint density at radius 3 is 1.58 bits per heavy atom. The Hall–Kier alpha value is -1.92. The van der Waals surface area contributed by atoms with Gasteiger partial charge >= 0.3 is 0 Å². The summed E-state index contributed by atoms with van der Waals surface area (Å²) in [5, 5.41) is 0. The zero-order chi connectivity index (χ0) is 21.7. The fraction of sp³-hybridized carbons (Fsp3) is 0.360. The fourth-order valence-corrected chi connectivity index (χ4v) is 7.40. The lowest BCUT2D eigenvalue weighted by atomic mass is 9.62. The molecule has 31 heavy (non-hydrogen) atoms. The van der Waals surface area contributed by atoms with Gasteiger partial charge in [0.15, 0.2) is 23.0 Å². The van der Waals surface area contributed by atoms with Crippen LogP contribution in [0.2, 0.25) is 0 Å². The Morgan fingerprint density at radius 2 is 1.16 bits per heavy atom. The van der Waals surface area contributed by atoms with Crippen molar-refractivity contribution in [2.45, 2.75) is 39.5 Å². The Kier molecular flexibility index (Phi) is 4.17. The van der Waals surface area contributed by atoms with Gasteiger partial charge in [0.2, 0.25) is 13.6 Å². The second-order valence-corrected chi connectivity index (χ2v) is 10.9. The van der Waals surface area contributed by atoms with E-state index >= 15 is 0 Å². The molecule has 2 aliphatic carbocycles. The number of hydrogen-bond donors (Lipinski definition) is 0. The highest BCUT2D eigenvalue weighted by Crippen LogP contribution is 2.62. The Bertz CT molecular complexity index is 1130. The van der Waals surface area contributed by atoms with Crippen LogP contribution in [0.3, 0.4) is 0 Å². The van der Waals surface area contributed by atoms with Crippen LogP contribution in [-0.2, 0) is 0 Å². The van der Waals surface area contributed by atoms with Crippen LogP contribution >= 0.6 is 31.9 Å². The molecule has 2 atom stereocenters. The van der Waals surface area contributed by atoms with Gasteiger partial charge in [-0.3, -0.25) is 0 Å². The predicted octanol–water partition coefficient (Wildman–Crippen LogP) is 7.40. The molecule has 2 aliphatic heterocycles. The molecule has 2 aromatic carbocycles. The lowest BCUT2D eigenvalue weighted by Crippen LogP contribution is -2.29. The van der Waals surface area contributed by atoms with Crippen molar-refractivity contribution >= 4 is 44.0 Å². The van der Waals surface area contributed by atoms with E-state index in [1.165, 1.54) is 33.4 Å². The number of hydrogen-bond acceptors (Lipinski definition) is 4. The first kappa shape index (κ1) is 19.7. The minimum absolute atomic E-state index is 0.0854. The average molecular weight is 546 g/mol. The fourth-order valence-electron chi connectivity index (χ4n) is 6.10.